The second-order valence-corrected chi connectivity index (χ2v) is 7.96. The molecule has 2 aromatic carbocycles. The summed E-state index contributed by atoms with van der Waals surface area (Å²) in [5, 5.41) is 0. The van der Waals surface area contributed by atoms with Crippen molar-refractivity contribution >= 4 is 10.0 Å². The van der Waals surface area contributed by atoms with Crippen LogP contribution in [0.1, 0.15) is 17.2 Å². The van der Waals surface area contributed by atoms with Crippen LogP contribution in [0, 0.1) is 0 Å². The van der Waals surface area contributed by atoms with Crippen molar-refractivity contribution in [1.82, 2.24) is 9.21 Å². The summed E-state index contributed by atoms with van der Waals surface area (Å²) in [6.07, 6.45) is 0. The number of piperazine rings is 1. The third-order valence-electron chi connectivity index (χ3n) is 4.27. The van der Waals surface area contributed by atoms with Gasteiger partial charge in [-0.25, -0.2) is 8.42 Å². The van der Waals surface area contributed by atoms with E-state index in [1.54, 1.807) is 4.31 Å². The largest absolute Gasteiger partial charge is 0.303 e. The Bertz CT molecular complexity index is 732. The molecule has 23 heavy (non-hydrogen) atoms. The summed E-state index contributed by atoms with van der Waals surface area (Å²) in [5.74, 6) is 0.0564. The van der Waals surface area contributed by atoms with E-state index in [0.29, 0.717) is 6.54 Å². The van der Waals surface area contributed by atoms with Crippen molar-refractivity contribution in [2.24, 2.45) is 0 Å². The minimum Gasteiger partial charge on any atom is -0.303 e. The lowest BCUT2D eigenvalue weighted by molar-refractivity contribution is 0.160. The van der Waals surface area contributed by atoms with Gasteiger partial charge in [-0.15, -0.1) is 0 Å². The van der Waals surface area contributed by atoms with Gasteiger partial charge in [0.15, 0.2) is 0 Å². The van der Waals surface area contributed by atoms with Crippen LogP contribution in [0.2, 0.25) is 0 Å². The normalized spacial score (nSPS) is 20.5. The van der Waals surface area contributed by atoms with Crippen LogP contribution >= 0.6 is 0 Å². The van der Waals surface area contributed by atoms with E-state index >= 15 is 0 Å². The van der Waals surface area contributed by atoms with Gasteiger partial charge >= 0.3 is 0 Å². The highest BCUT2D eigenvalue weighted by atomic mass is 32.2. The summed E-state index contributed by atoms with van der Waals surface area (Å²) in [7, 11) is -1.31. The van der Waals surface area contributed by atoms with E-state index < -0.39 is 10.0 Å². The molecule has 1 atom stereocenters. The van der Waals surface area contributed by atoms with E-state index in [4.69, 9.17) is 0 Å². The van der Waals surface area contributed by atoms with Gasteiger partial charge in [-0.1, -0.05) is 60.7 Å². The van der Waals surface area contributed by atoms with Crippen molar-refractivity contribution in [3.05, 3.63) is 71.8 Å². The van der Waals surface area contributed by atoms with E-state index in [-0.39, 0.29) is 11.8 Å². The second kappa shape index (κ2) is 6.83. The predicted molar refractivity (Wildman–Crippen MR) is 92.5 cm³/mol. The first-order chi connectivity index (χ1) is 11.1. The number of rotatable bonds is 4. The molecular formula is C18H22N2O2S. The Balaban J connectivity index is 1.89. The first kappa shape index (κ1) is 16.2. The van der Waals surface area contributed by atoms with Crippen LogP contribution in [0.15, 0.2) is 60.7 Å². The first-order valence-electron chi connectivity index (χ1n) is 7.83. The van der Waals surface area contributed by atoms with Crippen LogP contribution in [0.4, 0.5) is 0 Å². The zero-order valence-electron chi connectivity index (χ0n) is 13.3. The summed E-state index contributed by atoms with van der Waals surface area (Å²) in [6.45, 7) is 2.01. The van der Waals surface area contributed by atoms with Gasteiger partial charge in [0.25, 0.3) is 0 Å². The Hall–Kier alpha value is -1.69. The molecule has 1 fully saturated rings. The molecule has 0 radical (unpaired) electrons. The monoisotopic (exact) mass is 330 g/mol. The quantitative estimate of drug-likeness (QED) is 0.865. The molecule has 0 N–H and O–H groups in total. The molecule has 2 aromatic rings. The van der Waals surface area contributed by atoms with Crippen LogP contribution in [0.5, 0.6) is 0 Å². The fourth-order valence-corrected chi connectivity index (χ4v) is 4.77. The summed E-state index contributed by atoms with van der Waals surface area (Å²) < 4.78 is 27.6. The Morgan fingerprint density at radius 3 is 2.22 bits per heavy atom. The average molecular weight is 330 g/mol. The third-order valence-corrected chi connectivity index (χ3v) is 6.12. The minimum absolute atomic E-state index is 0.0564. The highest BCUT2D eigenvalue weighted by Gasteiger charge is 2.34. The molecular weight excluding hydrogens is 308 g/mol. The van der Waals surface area contributed by atoms with Gasteiger partial charge in [-0.2, -0.15) is 4.31 Å². The average Bonchev–Trinajstić information content (AvgIpc) is 2.56. The highest BCUT2D eigenvalue weighted by molar-refractivity contribution is 7.88. The first-order valence-corrected chi connectivity index (χ1v) is 9.44. The number of hydrogen-bond acceptors (Lipinski definition) is 3. The maximum Gasteiger partial charge on any atom is 0.218 e. The Morgan fingerprint density at radius 2 is 1.57 bits per heavy atom. The molecule has 0 spiro atoms. The molecule has 1 heterocycles. The molecule has 4 nitrogen and oxygen atoms in total. The SMILES string of the molecule is CN1CCN(S(=O)(=O)Cc2ccccc2)C(c2ccccc2)C1. The van der Waals surface area contributed by atoms with E-state index in [1.807, 2.05) is 67.7 Å². The maximum atomic E-state index is 13.0. The molecule has 1 aliphatic heterocycles. The maximum absolute atomic E-state index is 13.0. The van der Waals surface area contributed by atoms with Crippen molar-refractivity contribution in [2.45, 2.75) is 11.8 Å². The van der Waals surface area contributed by atoms with Gasteiger partial charge < -0.3 is 4.90 Å². The van der Waals surface area contributed by atoms with Gasteiger partial charge in [0, 0.05) is 19.6 Å². The molecule has 5 heteroatoms. The topological polar surface area (TPSA) is 40.6 Å². The van der Waals surface area contributed by atoms with Crippen molar-refractivity contribution in [3.8, 4) is 0 Å². The summed E-state index contributed by atoms with van der Waals surface area (Å²) in [4.78, 5) is 2.19. The zero-order chi connectivity index (χ0) is 16.3. The fourth-order valence-electron chi connectivity index (χ4n) is 3.05. The van der Waals surface area contributed by atoms with Gasteiger partial charge in [0.2, 0.25) is 10.0 Å². The van der Waals surface area contributed by atoms with E-state index in [1.165, 1.54) is 0 Å². The van der Waals surface area contributed by atoms with Crippen LogP contribution in [-0.4, -0.2) is 44.3 Å². The predicted octanol–water partition coefficient (Wildman–Crippen LogP) is 2.51. The van der Waals surface area contributed by atoms with Crippen molar-refractivity contribution in [2.75, 3.05) is 26.7 Å². The molecule has 0 bridgehead atoms. The number of nitrogens with zero attached hydrogens (tertiary/aromatic N) is 2. The number of hydrogen-bond donors (Lipinski definition) is 0. The minimum atomic E-state index is -3.35. The number of sulfonamides is 1. The van der Waals surface area contributed by atoms with Gasteiger partial charge in [0.1, 0.15) is 0 Å². The zero-order valence-corrected chi connectivity index (χ0v) is 14.1. The van der Waals surface area contributed by atoms with Crippen molar-refractivity contribution < 1.29 is 8.42 Å². The molecule has 0 aliphatic carbocycles. The lowest BCUT2D eigenvalue weighted by Crippen LogP contribution is -2.49. The molecule has 0 amide bonds. The Morgan fingerprint density at radius 1 is 0.957 bits per heavy atom. The molecule has 1 unspecified atom stereocenters. The summed E-state index contributed by atoms with van der Waals surface area (Å²) >= 11 is 0. The highest BCUT2D eigenvalue weighted by Crippen LogP contribution is 2.28. The molecule has 122 valence electrons. The van der Waals surface area contributed by atoms with Crippen molar-refractivity contribution in [3.63, 3.8) is 0 Å². The van der Waals surface area contributed by atoms with Crippen LogP contribution in [0.25, 0.3) is 0 Å². The van der Waals surface area contributed by atoms with E-state index in [9.17, 15) is 8.42 Å². The van der Waals surface area contributed by atoms with Crippen LogP contribution in [0.3, 0.4) is 0 Å². The van der Waals surface area contributed by atoms with E-state index in [0.717, 1.165) is 24.2 Å². The Labute approximate surface area is 138 Å². The van der Waals surface area contributed by atoms with Gasteiger partial charge in [0.05, 0.1) is 11.8 Å². The fraction of sp³-hybridized carbons (Fsp3) is 0.333. The third kappa shape index (κ3) is 3.80. The second-order valence-electron chi connectivity index (χ2n) is 6.04. The Kier molecular flexibility index (Phi) is 4.80. The lowest BCUT2D eigenvalue weighted by Gasteiger charge is -2.39. The lowest BCUT2D eigenvalue weighted by atomic mass is 10.1. The molecule has 1 aliphatic rings. The summed E-state index contributed by atoms with van der Waals surface area (Å²) in [5.41, 5.74) is 1.88. The van der Waals surface area contributed by atoms with Gasteiger partial charge in [-0.3, -0.25) is 0 Å². The van der Waals surface area contributed by atoms with Crippen LogP contribution in [-0.2, 0) is 15.8 Å². The van der Waals surface area contributed by atoms with E-state index in [2.05, 4.69) is 4.90 Å². The van der Waals surface area contributed by atoms with Crippen molar-refractivity contribution in [1.29, 1.82) is 0 Å². The molecule has 0 saturated carbocycles. The molecule has 3 rings (SSSR count). The standard InChI is InChI=1S/C18H22N2O2S/c1-19-12-13-20(18(14-19)17-10-6-3-7-11-17)23(21,22)15-16-8-4-2-5-9-16/h2-11,18H,12-15H2,1H3. The molecule has 0 aromatic heterocycles. The van der Waals surface area contributed by atoms with Gasteiger partial charge in [-0.05, 0) is 18.2 Å². The summed E-state index contributed by atoms with van der Waals surface area (Å²) in [6, 6.07) is 19.2. The molecule has 1 saturated heterocycles. The number of likely N-dealkylation sites (N-methyl/N-ethyl adjacent to an activating group) is 1. The van der Waals surface area contributed by atoms with Crippen LogP contribution < -0.4 is 0 Å². The number of benzene rings is 2. The smallest absolute Gasteiger partial charge is 0.218 e.